The first-order valence-corrected chi connectivity index (χ1v) is 8.58. The van der Waals surface area contributed by atoms with Crippen LogP contribution in [0.25, 0.3) is 0 Å². The Morgan fingerprint density at radius 1 is 1.08 bits per heavy atom. The number of carbonyl (C=O) groups is 1. The van der Waals surface area contributed by atoms with Gasteiger partial charge < -0.3 is 14.6 Å². The predicted molar refractivity (Wildman–Crippen MR) is 83.8 cm³/mol. The zero-order valence-corrected chi connectivity index (χ0v) is 14.2. The zero-order chi connectivity index (χ0) is 19.5. The van der Waals surface area contributed by atoms with Gasteiger partial charge in [0.15, 0.2) is 0 Å². The number of rotatable bonds is 6. The first-order valence-electron chi connectivity index (χ1n) is 7.14. The number of carboxylic acids is 1. The summed E-state index contributed by atoms with van der Waals surface area (Å²) in [5, 5.41) is 11.0. The smallest absolute Gasteiger partial charge is 0.548 e. The van der Waals surface area contributed by atoms with Gasteiger partial charge in [-0.25, -0.2) is 8.42 Å². The van der Waals surface area contributed by atoms with Crippen molar-refractivity contribution < 1.29 is 36.2 Å². The molecule has 0 heterocycles. The van der Waals surface area contributed by atoms with Gasteiger partial charge in [-0.2, -0.15) is 0 Å². The summed E-state index contributed by atoms with van der Waals surface area (Å²) in [4.78, 5) is 10.8. The van der Waals surface area contributed by atoms with Crippen LogP contribution in [0.2, 0.25) is 0 Å². The predicted octanol–water partition coefficient (Wildman–Crippen LogP) is 1.84. The summed E-state index contributed by atoms with van der Waals surface area (Å²) in [6.45, 7) is 0.740. The Labute approximate surface area is 147 Å². The maximum Gasteiger partial charge on any atom is 0.573 e. The van der Waals surface area contributed by atoms with E-state index in [-0.39, 0.29) is 10.6 Å². The third-order valence-corrected chi connectivity index (χ3v) is 5.03. The van der Waals surface area contributed by atoms with Crippen molar-refractivity contribution in [2.75, 3.05) is 10.8 Å². The van der Waals surface area contributed by atoms with Crippen LogP contribution in [-0.4, -0.2) is 27.3 Å². The third kappa shape index (κ3) is 4.88. The first kappa shape index (κ1) is 19.6. The van der Waals surface area contributed by atoms with Crippen LogP contribution in [-0.2, 0) is 14.8 Å². The fraction of sp³-hybridized carbons (Fsp3) is 0.188. The normalized spacial score (nSPS) is 11.8. The Morgan fingerprint density at radius 2 is 1.62 bits per heavy atom. The van der Waals surface area contributed by atoms with Gasteiger partial charge in [-0.15, -0.1) is 13.2 Å². The fourth-order valence-electron chi connectivity index (χ4n) is 2.08. The minimum Gasteiger partial charge on any atom is -0.548 e. The molecule has 0 aromatic heterocycles. The van der Waals surface area contributed by atoms with E-state index in [4.69, 9.17) is 0 Å². The summed E-state index contributed by atoms with van der Waals surface area (Å²) in [5.41, 5.74) is 0.647. The van der Waals surface area contributed by atoms with Crippen LogP contribution in [0, 0.1) is 6.92 Å². The number of carbonyl (C=O) groups excluding carboxylic acids is 1. The lowest BCUT2D eigenvalue weighted by Gasteiger charge is -2.25. The Hall–Kier alpha value is -2.75. The average Bonchev–Trinajstić information content (AvgIpc) is 2.52. The van der Waals surface area contributed by atoms with E-state index in [0.29, 0.717) is 4.31 Å². The van der Waals surface area contributed by atoms with Crippen molar-refractivity contribution in [2.24, 2.45) is 0 Å². The summed E-state index contributed by atoms with van der Waals surface area (Å²) < 4.78 is 66.3. The van der Waals surface area contributed by atoms with Crippen molar-refractivity contribution in [2.45, 2.75) is 18.2 Å². The van der Waals surface area contributed by atoms with E-state index in [9.17, 15) is 31.5 Å². The molecule has 0 saturated heterocycles. The number of halogens is 3. The van der Waals surface area contributed by atoms with Gasteiger partial charge >= 0.3 is 6.36 Å². The quantitative estimate of drug-likeness (QED) is 0.754. The molecule has 140 valence electrons. The highest BCUT2D eigenvalue weighted by Gasteiger charge is 2.31. The summed E-state index contributed by atoms with van der Waals surface area (Å²) in [7, 11) is -4.26. The van der Waals surface area contributed by atoms with Crippen LogP contribution in [0.15, 0.2) is 53.4 Å². The minimum absolute atomic E-state index is 0.149. The van der Waals surface area contributed by atoms with E-state index in [1.54, 1.807) is 6.92 Å². The molecular formula is C16H13F3NO5S-. The number of alkyl halides is 3. The number of ether oxygens (including phenoxy) is 1. The Morgan fingerprint density at radius 3 is 2.08 bits per heavy atom. The van der Waals surface area contributed by atoms with Crippen LogP contribution in [0.3, 0.4) is 0 Å². The summed E-state index contributed by atoms with van der Waals surface area (Å²) in [5.74, 6) is -2.24. The molecule has 0 aliphatic carbocycles. The minimum atomic E-state index is -4.90. The second kappa shape index (κ2) is 7.24. The van der Waals surface area contributed by atoms with Crippen molar-refractivity contribution >= 4 is 21.7 Å². The fourth-order valence-corrected chi connectivity index (χ4v) is 3.49. The number of nitrogens with zero attached hydrogens (tertiary/aromatic N) is 1. The molecule has 0 spiro atoms. The molecule has 2 rings (SSSR count). The first-order chi connectivity index (χ1) is 12.0. The summed E-state index contributed by atoms with van der Waals surface area (Å²) >= 11 is 0. The highest BCUT2D eigenvalue weighted by Crippen LogP contribution is 2.28. The van der Waals surface area contributed by atoms with Crippen LogP contribution in [0.4, 0.5) is 18.9 Å². The lowest BCUT2D eigenvalue weighted by Crippen LogP contribution is -2.41. The molecule has 0 aliphatic rings. The molecule has 0 saturated carbocycles. The maximum absolute atomic E-state index is 12.7. The number of hydrogen-bond acceptors (Lipinski definition) is 5. The number of aliphatic carboxylic acids is 1. The molecule has 0 radical (unpaired) electrons. The molecule has 2 aromatic rings. The monoisotopic (exact) mass is 388 g/mol. The standard InChI is InChI=1S/C16H14F3NO5S/c1-11-2-8-14(9-3-11)26(23,24)20(10-15(21)22)12-4-6-13(7-5-12)25-16(17,18)19/h2-9H,10H2,1H3,(H,21,22)/p-1. The van der Waals surface area contributed by atoms with E-state index in [0.717, 1.165) is 29.8 Å². The molecule has 0 bridgehead atoms. The summed E-state index contributed by atoms with van der Waals surface area (Å²) in [6, 6.07) is 9.45. The lowest BCUT2D eigenvalue weighted by atomic mass is 10.2. The van der Waals surface area contributed by atoms with Crippen molar-refractivity contribution in [3.05, 3.63) is 54.1 Å². The second-order valence-electron chi connectivity index (χ2n) is 5.24. The van der Waals surface area contributed by atoms with Crippen molar-refractivity contribution in [1.82, 2.24) is 0 Å². The van der Waals surface area contributed by atoms with Crippen LogP contribution >= 0.6 is 0 Å². The molecule has 10 heteroatoms. The molecule has 0 aliphatic heterocycles. The van der Waals surface area contributed by atoms with E-state index in [1.165, 1.54) is 24.3 Å². The molecule has 6 nitrogen and oxygen atoms in total. The van der Waals surface area contributed by atoms with E-state index >= 15 is 0 Å². The van der Waals surface area contributed by atoms with Crippen molar-refractivity contribution in [3.8, 4) is 5.75 Å². The third-order valence-electron chi connectivity index (χ3n) is 3.24. The highest BCUT2D eigenvalue weighted by atomic mass is 32.2. The van der Waals surface area contributed by atoms with Gasteiger partial charge in [-0.1, -0.05) is 17.7 Å². The summed E-state index contributed by atoms with van der Waals surface area (Å²) in [6.07, 6.45) is -4.90. The number of carboxylic acid groups (broad SMARTS) is 1. The molecule has 2 aromatic carbocycles. The van der Waals surface area contributed by atoms with Crippen LogP contribution in [0.5, 0.6) is 5.75 Å². The van der Waals surface area contributed by atoms with Gasteiger partial charge in [0, 0.05) is 0 Å². The van der Waals surface area contributed by atoms with E-state index < -0.39 is 34.6 Å². The average molecular weight is 388 g/mol. The molecular weight excluding hydrogens is 375 g/mol. The molecule has 0 fully saturated rings. The number of sulfonamides is 1. The SMILES string of the molecule is Cc1ccc(S(=O)(=O)N(CC(=O)[O-])c2ccc(OC(F)(F)F)cc2)cc1. The van der Waals surface area contributed by atoms with Gasteiger partial charge in [0.25, 0.3) is 10.0 Å². The number of hydrogen-bond donors (Lipinski definition) is 0. The van der Waals surface area contributed by atoms with Gasteiger partial charge in [0.1, 0.15) is 5.75 Å². The molecule has 0 amide bonds. The number of benzene rings is 2. The topological polar surface area (TPSA) is 86.7 Å². The number of aryl methyl sites for hydroxylation is 1. The molecule has 0 atom stereocenters. The van der Waals surface area contributed by atoms with Crippen molar-refractivity contribution in [3.63, 3.8) is 0 Å². The van der Waals surface area contributed by atoms with Crippen LogP contribution in [0.1, 0.15) is 5.56 Å². The van der Waals surface area contributed by atoms with Gasteiger partial charge in [0.05, 0.1) is 23.1 Å². The highest BCUT2D eigenvalue weighted by molar-refractivity contribution is 7.92. The van der Waals surface area contributed by atoms with Gasteiger partial charge in [0.2, 0.25) is 0 Å². The Kier molecular flexibility index (Phi) is 5.45. The number of anilines is 1. The lowest BCUT2D eigenvalue weighted by molar-refractivity contribution is -0.303. The molecule has 0 N–H and O–H groups in total. The van der Waals surface area contributed by atoms with E-state index in [2.05, 4.69) is 4.74 Å². The maximum atomic E-state index is 12.7. The van der Waals surface area contributed by atoms with Gasteiger partial charge in [-0.05, 0) is 43.3 Å². The molecule has 26 heavy (non-hydrogen) atoms. The zero-order valence-electron chi connectivity index (χ0n) is 13.4. The largest absolute Gasteiger partial charge is 0.573 e. The van der Waals surface area contributed by atoms with Crippen molar-refractivity contribution in [1.29, 1.82) is 0 Å². The van der Waals surface area contributed by atoms with Gasteiger partial charge in [-0.3, -0.25) is 4.31 Å². The Bertz CT molecular complexity index is 878. The molecule has 0 unspecified atom stereocenters. The Balaban J connectivity index is 2.41. The second-order valence-corrected chi connectivity index (χ2v) is 7.10. The van der Waals surface area contributed by atoms with E-state index in [1.807, 2.05) is 0 Å². The van der Waals surface area contributed by atoms with Crippen LogP contribution < -0.4 is 14.1 Å².